The van der Waals surface area contributed by atoms with Gasteiger partial charge in [-0.05, 0) is 58.0 Å². The van der Waals surface area contributed by atoms with Crippen LogP contribution in [0.5, 0.6) is 0 Å². The van der Waals surface area contributed by atoms with Crippen LogP contribution in [0.1, 0.15) is 44.2 Å². The Morgan fingerprint density at radius 2 is 2.00 bits per heavy atom. The second-order valence-corrected chi connectivity index (χ2v) is 6.02. The predicted octanol–water partition coefficient (Wildman–Crippen LogP) is 2.87. The molecule has 0 spiro atoms. The first-order chi connectivity index (χ1) is 9.84. The van der Waals surface area contributed by atoms with Gasteiger partial charge in [-0.3, -0.25) is 4.98 Å². The Bertz CT molecular complexity index is 349. The lowest BCUT2D eigenvalue weighted by Crippen LogP contribution is -2.22. The number of pyridine rings is 1. The van der Waals surface area contributed by atoms with E-state index in [4.69, 9.17) is 0 Å². The van der Waals surface area contributed by atoms with Crippen LogP contribution in [0, 0.1) is 0 Å². The molecule has 20 heavy (non-hydrogen) atoms. The number of hydrogen-bond acceptors (Lipinski definition) is 3. The van der Waals surface area contributed by atoms with Crippen LogP contribution in [-0.2, 0) is 6.42 Å². The van der Waals surface area contributed by atoms with Gasteiger partial charge >= 0.3 is 0 Å². The fourth-order valence-electron chi connectivity index (χ4n) is 2.42. The molecule has 0 aromatic carbocycles. The maximum atomic E-state index is 4.37. The second kappa shape index (κ2) is 9.09. The Hall–Kier alpha value is -0.930. The summed E-state index contributed by atoms with van der Waals surface area (Å²) in [5, 5.41) is 3.58. The van der Waals surface area contributed by atoms with Crippen LogP contribution in [0.2, 0.25) is 0 Å². The maximum absolute atomic E-state index is 4.37. The van der Waals surface area contributed by atoms with Gasteiger partial charge in [0.2, 0.25) is 0 Å². The molecule has 1 aliphatic carbocycles. The molecule has 1 aromatic heterocycles. The third-order valence-electron chi connectivity index (χ3n) is 3.95. The Kier molecular flexibility index (Phi) is 7.02. The SMILES string of the molecule is CN(CCCCCCNC1CC1)CCc1ccccn1. The van der Waals surface area contributed by atoms with E-state index in [0.717, 1.165) is 19.0 Å². The highest BCUT2D eigenvalue weighted by molar-refractivity contribution is 5.03. The van der Waals surface area contributed by atoms with E-state index >= 15 is 0 Å². The van der Waals surface area contributed by atoms with E-state index in [-0.39, 0.29) is 0 Å². The molecule has 112 valence electrons. The first kappa shape index (κ1) is 15.5. The average Bonchev–Trinajstić information content (AvgIpc) is 3.29. The van der Waals surface area contributed by atoms with Gasteiger partial charge < -0.3 is 10.2 Å². The monoisotopic (exact) mass is 275 g/mol. The summed E-state index contributed by atoms with van der Waals surface area (Å²) in [7, 11) is 2.22. The van der Waals surface area contributed by atoms with Crippen molar-refractivity contribution in [2.24, 2.45) is 0 Å². The molecule has 2 rings (SSSR count). The van der Waals surface area contributed by atoms with Gasteiger partial charge in [-0.25, -0.2) is 0 Å². The van der Waals surface area contributed by atoms with Crippen LogP contribution in [-0.4, -0.2) is 42.6 Å². The smallest absolute Gasteiger partial charge is 0.0416 e. The molecule has 0 unspecified atom stereocenters. The third-order valence-corrected chi connectivity index (χ3v) is 3.95. The lowest BCUT2D eigenvalue weighted by molar-refractivity contribution is 0.326. The second-order valence-electron chi connectivity index (χ2n) is 6.02. The molecule has 0 amide bonds. The molecule has 0 aliphatic heterocycles. The Morgan fingerprint density at radius 3 is 2.75 bits per heavy atom. The molecule has 0 bridgehead atoms. The zero-order chi connectivity index (χ0) is 14.0. The van der Waals surface area contributed by atoms with E-state index in [9.17, 15) is 0 Å². The van der Waals surface area contributed by atoms with Crippen molar-refractivity contribution in [2.75, 3.05) is 26.7 Å². The van der Waals surface area contributed by atoms with Crippen LogP contribution < -0.4 is 5.32 Å². The highest BCUT2D eigenvalue weighted by atomic mass is 15.1. The minimum absolute atomic E-state index is 0.868. The van der Waals surface area contributed by atoms with Gasteiger partial charge in [0.05, 0.1) is 0 Å². The van der Waals surface area contributed by atoms with Gasteiger partial charge in [-0.2, -0.15) is 0 Å². The lowest BCUT2D eigenvalue weighted by atomic mass is 10.2. The van der Waals surface area contributed by atoms with E-state index in [1.54, 1.807) is 0 Å². The average molecular weight is 275 g/mol. The van der Waals surface area contributed by atoms with E-state index in [1.165, 1.54) is 57.3 Å². The summed E-state index contributed by atoms with van der Waals surface area (Å²) < 4.78 is 0. The fourth-order valence-corrected chi connectivity index (χ4v) is 2.42. The summed E-state index contributed by atoms with van der Waals surface area (Å²) in [5.41, 5.74) is 1.20. The van der Waals surface area contributed by atoms with Gasteiger partial charge in [0.15, 0.2) is 0 Å². The van der Waals surface area contributed by atoms with Crippen molar-refractivity contribution in [1.29, 1.82) is 0 Å². The Balaban J connectivity index is 1.40. The van der Waals surface area contributed by atoms with Crippen LogP contribution in [0.25, 0.3) is 0 Å². The summed E-state index contributed by atoms with van der Waals surface area (Å²) in [6.45, 7) is 3.54. The van der Waals surface area contributed by atoms with Gasteiger partial charge in [0.1, 0.15) is 0 Å². The number of aromatic nitrogens is 1. The minimum atomic E-state index is 0.868. The van der Waals surface area contributed by atoms with Gasteiger partial charge in [-0.1, -0.05) is 18.9 Å². The molecule has 3 nitrogen and oxygen atoms in total. The van der Waals surface area contributed by atoms with Crippen molar-refractivity contribution in [1.82, 2.24) is 15.2 Å². The number of likely N-dealkylation sites (N-methyl/N-ethyl adjacent to an activating group) is 1. The molecule has 1 aromatic rings. The molecule has 0 saturated heterocycles. The van der Waals surface area contributed by atoms with Crippen LogP contribution >= 0.6 is 0 Å². The summed E-state index contributed by atoms with van der Waals surface area (Å²) in [5.74, 6) is 0. The summed E-state index contributed by atoms with van der Waals surface area (Å²) >= 11 is 0. The zero-order valence-electron chi connectivity index (χ0n) is 12.9. The number of unbranched alkanes of at least 4 members (excludes halogenated alkanes) is 3. The molecule has 3 heteroatoms. The summed E-state index contributed by atoms with van der Waals surface area (Å²) in [6, 6.07) is 7.03. The van der Waals surface area contributed by atoms with Crippen molar-refractivity contribution in [3.05, 3.63) is 30.1 Å². The normalized spacial score (nSPS) is 14.9. The topological polar surface area (TPSA) is 28.2 Å². The van der Waals surface area contributed by atoms with Crippen LogP contribution in [0.15, 0.2) is 24.4 Å². The first-order valence-corrected chi connectivity index (χ1v) is 8.16. The number of rotatable bonds is 11. The van der Waals surface area contributed by atoms with Gasteiger partial charge in [0.25, 0.3) is 0 Å². The third kappa shape index (κ3) is 7.01. The standard InChI is InChI=1S/C17H29N3/c1-20(15-11-16-8-4-6-13-18-16)14-7-3-2-5-12-19-17-9-10-17/h4,6,8,13,17,19H,2-3,5,7,9-12,14-15H2,1H3. The van der Waals surface area contributed by atoms with Crippen LogP contribution in [0.4, 0.5) is 0 Å². The molecule has 0 radical (unpaired) electrons. The highest BCUT2D eigenvalue weighted by Crippen LogP contribution is 2.18. The van der Waals surface area contributed by atoms with E-state index in [1.807, 2.05) is 12.3 Å². The Labute approximate surface area is 123 Å². The molecular weight excluding hydrogens is 246 g/mol. The summed E-state index contributed by atoms with van der Waals surface area (Å²) in [6.07, 6.45) is 11.1. The van der Waals surface area contributed by atoms with E-state index in [0.29, 0.717) is 0 Å². The molecule has 1 aliphatic rings. The molecule has 1 heterocycles. The van der Waals surface area contributed by atoms with Crippen molar-refractivity contribution in [2.45, 2.75) is 51.0 Å². The summed E-state index contributed by atoms with van der Waals surface area (Å²) in [4.78, 5) is 6.79. The number of hydrogen-bond donors (Lipinski definition) is 1. The van der Waals surface area contributed by atoms with Crippen molar-refractivity contribution in [3.8, 4) is 0 Å². The van der Waals surface area contributed by atoms with Crippen molar-refractivity contribution < 1.29 is 0 Å². The van der Waals surface area contributed by atoms with Gasteiger partial charge in [-0.15, -0.1) is 0 Å². The molecular formula is C17H29N3. The molecule has 1 saturated carbocycles. The van der Waals surface area contributed by atoms with Crippen LogP contribution in [0.3, 0.4) is 0 Å². The first-order valence-electron chi connectivity index (χ1n) is 8.16. The van der Waals surface area contributed by atoms with Gasteiger partial charge in [0, 0.05) is 30.9 Å². The lowest BCUT2D eigenvalue weighted by Gasteiger charge is -2.16. The number of nitrogens with zero attached hydrogens (tertiary/aromatic N) is 2. The fraction of sp³-hybridized carbons (Fsp3) is 0.706. The molecule has 1 fully saturated rings. The van der Waals surface area contributed by atoms with Crippen molar-refractivity contribution in [3.63, 3.8) is 0 Å². The quantitative estimate of drug-likeness (QED) is 0.629. The largest absolute Gasteiger partial charge is 0.314 e. The maximum Gasteiger partial charge on any atom is 0.0416 e. The number of nitrogens with one attached hydrogen (secondary N) is 1. The highest BCUT2D eigenvalue weighted by Gasteiger charge is 2.19. The zero-order valence-corrected chi connectivity index (χ0v) is 12.9. The van der Waals surface area contributed by atoms with Crippen molar-refractivity contribution >= 4 is 0 Å². The minimum Gasteiger partial charge on any atom is -0.314 e. The van der Waals surface area contributed by atoms with E-state index < -0.39 is 0 Å². The molecule has 1 N–H and O–H groups in total. The van der Waals surface area contributed by atoms with E-state index in [2.05, 4.69) is 34.4 Å². The Morgan fingerprint density at radius 1 is 1.15 bits per heavy atom. The predicted molar refractivity (Wildman–Crippen MR) is 84.9 cm³/mol. The molecule has 0 atom stereocenters.